The molecule has 1 fully saturated rings. The first kappa shape index (κ1) is 10.7. The largest absolute Gasteiger partial charge is 0.478 e. The van der Waals surface area contributed by atoms with Gasteiger partial charge < -0.3 is 10.0 Å². The van der Waals surface area contributed by atoms with Gasteiger partial charge in [0.05, 0.1) is 5.56 Å². The number of aromatic nitrogens is 1. The van der Waals surface area contributed by atoms with E-state index in [1.165, 1.54) is 19.0 Å². The number of carbonyl (C=O) groups is 1. The molecule has 0 aliphatic heterocycles. The monoisotopic (exact) mass is 218 g/mol. The molecule has 1 aliphatic carbocycles. The average Bonchev–Trinajstić information content (AvgIpc) is 3.10. The van der Waals surface area contributed by atoms with Crippen molar-refractivity contribution in [2.75, 3.05) is 11.4 Å². The van der Waals surface area contributed by atoms with E-state index in [4.69, 9.17) is 5.11 Å². The van der Waals surface area contributed by atoms with E-state index in [1.54, 1.807) is 12.1 Å². The lowest BCUT2D eigenvalue weighted by Crippen LogP contribution is -2.26. The first-order chi connectivity index (χ1) is 7.72. The van der Waals surface area contributed by atoms with Crippen LogP contribution in [0.15, 0.2) is 31.0 Å². The van der Waals surface area contributed by atoms with E-state index in [2.05, 4.69) is 16.5 Å². The van der Waals surface area contributed by atoms with E-state index < -0.39 is 5.97 Å². The average molecular weight is 218 g/mol. The summed E-state index contributed by atoms with van der Waals surface area (Å²) in [6.07, 6.45) is 5.59. The Morgan fingerprint density at radius 3 is 2.81 bits per heavy atom. The number of rotatable bonds is 5. The van der Waals surface area contributed by atoms with Crippen molar-refractivity contribution in [3.8, 4) is 0 Å². The number of carboxylic acid groups (broad SMARTS) is 1. The summed E-state index contributed by atoms with van der Waals surface area (Å²) in [6, 6.07) is 3.88. The lowest BCUT2D eigenvalue weighted by Gasteiger charge is -2.21. The molecule has 16 heavy (non-hydrogen) atoms. The summed E-state index contributed by atoms with van der Waals surface area (Å²) >= 11 is 0. The van der Waals surface area contributed by atoms with E-state index in [0.29, 0.717) is 6.04 Å². The van der Waals surface area contributed by atoms with Gasteiger partial charge in [-0.2, -0.15) is 0 Å². The highest BCUT2D eigenvalue weighted by Crippen LogP contribution is 2.30. The summed E-state index contributed by atoms with van der Waals surface area (Å²) < 4.78 is 0. The Kier molecular flexibility index (Phi) is 2.90. The van der Waals surface area contributed by atoms with Gasteiger partial charge >= 0.3 is 5.97 Å². The van der Waals surface area contributed by atoms with Crippen LogP contribution in [0.3, 0.4) is 0 Å². The molecule has 1 heterocycles. The van der Waals surface area contributed by atoms with Crippen LogP contribution in [0.4, 0.5) is 5.82 Å². The molecule has 2 rings (SSSR count). The Hall–Kier alpha value is -1.84. The van der Waals surface area contributed by atoms with Crippen molar-refractivity contribution in [2.24, 2.45) is 0 Å². The molecular formula is C12H14N2O2. The maximum Gasteiger partial charge on any atom is 0.337 e. The van der Waals surface area contributed by atoms with Crippen LogP contribution in [0.25, 0.3) is 0 Å². The van der Waals surface area contributed by atoms with Crippen molar-refractivity contribution >= 4 is 11.8 Å². The van der Waals surface area contributed by atoms with E-state index >= 15 is 0 Å². The van der Waals surface area contributed by atoms with Crippen LogP contribution < -0.4 is 4.90 Å². The second-order valence-corrected chi connectivity index (χ2v) is 3.88. The Morgan fingerprint density at radius 2 is 2.38 bits per heavy atom. The van der Waals surface area contributed by atoms with Crippen LogP contribution in [0.1, 0.15) is 23.2 Å². The minimum absolute atomic E-state index is 0.220. The van der Waals surface area contributed by atoms with Crippen LogP contribution in [-0.4, -0.2) is 28.6 Å². The molecule has 4 heteroatoms. The molecular weight excluding hydrogens is 204 g/mol. The smallest absolute Gasteiger partial charge is 0.337 e. The van der Waals surface area contributed by atoms with Gasteiger partial charge in [-0.3, -0.25) is 0 Å². The van der Waals surface area contributed by atoms with Crippen LogP contribution in [0.2, 0.25) is 0 Å². The molecule has 1 aliphatic rings. The SMILES string of the molecule is C=CCN(c1ccc(C(=O)O)cn1)C1CC1. The number of hydrogen-bond acceptors (Lipinski definition) is 3. The fraction of sp³-hybridized carbons (Fsp3) is 0.333. The number of aromatic carboxylic acids is 1. The normalized spacial score (nSPS) is 14.5. The van der Waals surface area contributed by atoms with Crippen LogP contribution in [-0.2, 0) is 0 Å². The fourth-order valence-electron chi connectivity index (χ4n) is 1.64. The first-order valence-corrected chi connectivity index (χ1v) is 5.29. The predicted molar refractivity (Wildman–Crippen MR) is 61.8 cm³/mol. The third kappa shape index (κ3) is 2.21. The van der Waals surface area contributed by atoms with Gasteiger partial charge in [0.1, 0.15) is 5.82 Å². The van der Waals surface area contributed by atoms with Gasteiger partial charge in [-0.05, 0) is 25.0 Å². The second-order valence-electron chi connectivity index (χ2n) is 3.88. The number of nitrogens with zero attached hydrogens (tertiary/aromatic N) is 2. The van der Waals surface area contributed by atoms with E-state index in [-0.39, 0.29) is 5.56 Å². The molecule has 0 bridgehead atoms. The first-order valence-electron chi connectivity index (χ1n) is 5.29. The standard InChI is InChI=1S/C12H14N2O2/c1-2-7-14(10-4-5-10)11-6-3-9(8-13-11)12(15)16/h2-3,6,8,10H,1,4-5,7H2,(H,15,16). The van der Waals surface area contributed by atoms with Crippen molar-refractivity contribution in [3.05, 3.63) is 36.5 Å². The van der Waals surface area contributed by atoms with Gasteiger partial charge in [-0.1, -0.05) is 6.08 Å². The zero-order valence-corrected chi connectivity index (χ0v) is 8.97. The van der Waals surface area contributed by atoms with Gasteiger partial charge in [0, 0.05) is 18.8 Å². The highest BCUT2D eigenvalue weighted by molar-refractivity contribution is 5.87. The third-order valence-electron chi connectivity index (χ3n) is 2.60. The number of hydrogen-bond donors (Lipinski definition) is 1. The molecule has 0 radical (unpaired) electrons. The Morgan fingerprint density at radius 1 is 1.62 bits per heavy atom. The zero-order chi connectivity index (χ0) is 11.5. The van der Waals surface area contributed by atoms with Gasteiger partial charge in [0.25, 0.3) is 0 Å². The Balaban J connectivity index is 2.17. The topological polar surface area (TPSA) is 53.4 Å². The molecule has 84 valence electrons. The second kappa shape index (κ2) is 4.35. The molecule has 1 saturated carbocycles. The lowest BCUT2D eigenvalue weighted by atomic mass is 10.3. The molecule has 1 N–H and O–H groups in total. The minimum atomic E-state index is -0.944. The Labute approximate surface area is 94.2 Å². The number of anilines is 1. The molecule has 0 saturated heterocycles. The van der Waals surface area contributed by atoms with Gasteiger partial charge in [0.15, 0.2) is 0 Å². The van der Waals surface area contributed by atoms with Crippen molar-refractivity contribution in [3.63, 3.8) is 0 Å². The van der Waals surface area contributed by atoms with Crippen LogP contribution >= 0.6 is 0 Å². The summed E-state index contributed by atoms with van der Waals surface area (Å²) in [4.78, 5) is 17.0. The Bertz CT molecular complexity index is 396. The summed E-state index contributed by atoms with van der Waals surface area (Å²) in [7, 11) is 0. The van der Waals surface area contributed by atoms with Crippen molar-refractivity contribution in [2.45, 2.75) is 18.9 Å². The van der Waals surface area contributed by atoms with Crippen molar-refractivity contribution in [1.82, 2.24) is 4.98 Å². The van der Waals surface area contributed by atoms with E-state index in [9.17, 15) is 4.79 Å². The van der Waals surface area contributed by atoms with E-state index in [1.807, 2.05) is 6.08 Å². The molecule has 0 unspecified atom stereocenters. The molecule has 0 spiro atoms. The molecule has 1 aromatic heterocycles. The maximum atomic E-state index is 10.7. The van der Waals surface area contributed by atoms with E-state index in [0.717, 1.165) is 12.4 Å². The molecule has 0 atom stereocenters. The summed E-state index contributed by atoms with van der Waals surface area (Å²) in [5, 5.41) is 8.77. The summed E-state index contributed by atoms with van der Waals surface area (Å²) in [5.74, 6) is -0.117. The van der Waals surface area contributed by atoms with Crippen molar-refractivity contribution < 1.29 is 9.90 Å². The fourth-order valence-corrected chi connectivity index (χ4v) is 1.64. The quantitative estimate of drug-likeness (QED) is 0.767. The summed E-state index contributed by atoms with van der Waals surface area (Å²) in [6.45, 7) is 4.47. The summed E-state index contributed by atoms with van der Waals surface area (Å²) in [5.41, 5.74) is 0.220. The lowest BCUT2D eigenvalue weighted by molar-refractivity contribution is 0.0696. The highest BCUT2D eigenvalue weighted by atomic mass is 16.4. The maximum absolute atomic E-state index is 10.7. The van der Waals surface area contributed by atoms with Gasteiger partial charge in [0.2, 0.25) is 0 Å². The molecule has 1 aromatic rings. The molecule has 4 nitrogen and oxygen atoms in total. The highest BCUT2D eigenvalue weighted by Gasteiger charge is 2.29. The zero-order valence-electron chi connectivity index (χ0n) is 8.97. The minimum Gasteiger partial charge on any atom is -0.478 e. The van der Waals surface area contributed by atoms with Gasteiger partial charge in [-0.15, -0.1) is 6.58 Å². The molecule has 0 amide bonds. The number of pyridine rings is 1. The predicted octanol–water partition coefficient (Wildman–Crippen LogP) is 1.93. The van der Waals surface area contributed by atoms with Crippen LogP contribution in [0.5, 0.6) is 0 Å². The van der Waals surface area contributed by atoms with Crippen LogP contribution in [0, 0.1) is 0 Å². The van der Waals surface area contributed by atoms with Crippen molar-refractivity contribution in [1.29, 1.82) is 0 Å². The number of carboxylic acids is 1. The van der Waals surface area contributed by atoms with Gasteiger partial charge in [-0.25, -0.2) is 9.78 Å². The molecule has 0 aromatic carbocycles. The third-order valence-corrected chi connectivity index (χ3v) is 2.60.